The van der Waals surface area contributed by atoms with E-state index >= 15 is 0 Å². The lowest BCUT2D eigenvalue weighted by Gasteiger charge is -2.26. The lowest BCUT2D eigenvalue weighted by atomic mass is 10.0. The summed E-state index contributed by atoms with van der Waals surface area (Å²) in [6, 6.07) is -4.75. The molecule has 0 aromatic carbocycles. The minimum absolute atomic E-state index is 0.0606. The third-order valence-corrected chi connectivity index (χ3v) is 5.31. The Labute approximate surface area is 198 Å². The van der Waals surface area contributed by atoms with Crippen molar-refractivity contribution in [1.29, 1.82) is 0 Å². The van der Waals surface area contributed by atoms with Gasteiger partial charge in [0.1, 0.15) is 12.1 Å². The van der Waals surface area contributed by atoms with Crippen LogP contribution < -0.4 is 27.4 Å². The molecule has 0 saturated carbocycles. The van der Waals surface area contributed by atoms with Crippen LogP contribution in [-0.2, 0) is 24.0 Å². The second-order valence-electron chi connectivity index (χ2n) is 8.21. The maximum atomic E-state index is 12.9. The zero-order valence-corrected chi connectivity index (χ0v) is 20.3. The molecule has 0 aromatic rings. The summed E-state index contributed by atoms with van der Waals surface area (Å²) in [7, 11) is 0. The van der Waals surface area contributed by atoms with E-state index < -0.39 is 59.9 Å². The third-order valence-electron chi connectivity index (χ3n) is 4.67. The summed E-state index contributed by atoms with van der Waals surface area (Å²) in [6.07, 6.45) is 0.734. The molecule has 0 aliphatic rings. The normalized spacial score (nSPS) is 15.6. The number of nitrogens with one attached hydrogen (secondary N) is 3. The molecule has 0 heterocycles. The van der Waals surface area contributed by atoms with Gasteiger partial charge in [-0.3, -0.25) is 19.2 Å². The molecule has 0 aliphatic heterocycles. The number of carboxylic acids is 1. The van der Waals surface area contributed by atoms with Gasteiger partial charge in [0.15, 0.2) is 6.04 Å². The molecule has 0 saturated heterocycles. The van der Waals surface area contributed by atoms with Crippen LogP contribution in [0.1, 0.15) is 46.5 Å². The maximum absolute atomic E-state index is 12.9. The second-order valence-corrected chi connectivity index (χ2v) is 9.20. The molecule has 0 radical (unpaired) electrons. The summed E-state index contributed by atoms with van der Waals surface area (Å²) >= 11 is 1.51. The van der Waals surface area contributed by atoms with E-state index in [-0.39, 0.29) is 25.2 Å². The van der Waals surface area contributed by atoms with Crippen molar-refractivity contribution < 1.29 is 34.2 Å². The molecule has 0 aromatic heterocycles. The number of carbonyl (C=O) groups excluding carboxylic acids is 4. The highest BCUT2D eigenvalue weighted by atomic mass is 32.2. The molecule has 0 fully saturated rings. The van der Waals surface area contributed by atoms with Crippen LogP contribution in [0.15, 0.2) is 0 Å². The van der Waals surface area contributed by atoms with E-state index in [9.17, 15) is 34.2 Å². The highest BCUT2D eigenvalue weighted by Gasteiger charge is 2.32. The summed E-state index contributed by atoms with van der Waals surface area (Å²) in [5.74, 6) is -3.66. The van der Waals surface area contributed by atoms with E-state index in [2.05, 4.69) is 16.0 Å². The fraction of sp³-hybridized carbons (Fsp3) is 0.750. The molecule has 13 heteroatoms. The van der Waals surface area contributed by atoms with Gasteiger partial charge in [0.05, 0.1) is 12.1 Å². The number of hydrogen-bond donors (Lipinski definition) is 7. The molecule has 5 unspecified atom stereocenters. The number of aliphatic carboxylic acids is 1. The summed E-state index contributed by atoms with van der Waals surface area (Å²) in [5, 5.41) is 26.0. The van der Waals surface area contributed by atoms with Gasteiger partial charge in [0, 0.05) is 6.42 Å². The topological polar surface area (TPSA) is 214 Å². The van der Waals surface area contributed by atoms with Crippen LogP contribution in [0, 0.1) is 5.92 Å². The van der Waals surface area contributed by atoms with E-state index in [0.717, 1.165) is 0 Å². The highest BCUT2D eigenvalue weighted by Crippen LogP contribution is 2.08. The van der Waals surface area contributed by atoms with Gasteiger partial charge < -0.3 is 37.6 Å². The van der Waals surface area contributed by atoms with Crippen LogP contribution in [0.3, 0.4) is 0 Å². The number of amides is 4. The first-order valence-corrected chi connectivity index (χ1v) is 12.0. The Bertz CT molecular complexity index is 690. The fourth-order valence-corrected chi connectivity index (χ4v) is 3.32. The Morgan fingerprint density at radius 1 is 0.909 bits per heavy atom. The average molecular weight is 492 g/mol. The molecule has 0 rings (SSSR count). The van der Waals surface area contributed by atoms with E-state index in [1.807, 2.05) is 6.26 Å². The Kier molecular flexibility index (Phi) is 14.3. The van der Waals surface area contributed by atoms with Gasteiger partial charge >= 0.3 is 5.97 Å². The van der Waals surface area contributed by atoms with Crippen molar-refractivity contribution in [1.82, 2.24) is 16.0 Å². The number of hydrogen-bond acceptors (Lipinski definition) is 8. The van der Waals surface area contributed by atoms with Gasteiger partial charge in [-0.25, -0.2) is 4.79 Å². The Balaban J connectivity index is 5.51. The average Bonchev–Trinajstić information content (AvgIpc) is 2.70. The molecule has 4 amide bonds. The third kappa shape index (κ3) is 12.4. The van der Waals surface area contributed by atoms with E-state index in [4.69, 9.17) is 11.5 Å². The first kappa shape index (κ1) is 30.6. The minimum Gasteiger partial charge on any atom is -0.480 e. The van der Waals surface area contributed by atoms with Crippen molar-refractivity contribution in [2.45, 2.75) is 76.7 Å². The van der Waals surface area contributed by atoms with Crippen LogP contribution >= 0.6 is 11.8 Å². The monoisotopic (exact) mass is 491 g/mol. The van der Waals surface area contributed by atoms with Crippen molar-refractivity contribution in [2.75, 3.05) is 12.0 Å². The van der Waals surface area contributed by atoms with Crippen molar-refractivity contribution in [3.8, 4) is 0 Å². The molecular weight excluding hydrogens is 454 g/mol. The lowest BCUT2D eigenvalue weighted by molar-refractivity contribution is -0.145. The molecular formula is C20H37N5O7S. The van der Waals surface area contributed by atoms with Crippen molar-refractivity contribution in [2.24, 2.45) is 17.4 Å². The quantitative estimate of drug-likeness (QED) is 0.131. The van der Waals surface area contributed by atoms with Gasteiger partial charge in [0.2, 0.25) is 23.6 Å². The molecule has 9 N–H and O–H groups in total. The smallest absolute Gasteiger partial charge is 0.328 e. The van der Waals surface area contributed by atoms with Gasteiger partial charge in [-0.1, -0.05) is 13.8 Å². The zero-order valence-electron chi connectivity index (χ0n) is 19.5. The van der Waals surface area contributed by atoms with Gasteiger partial charge in [-0.2, -0.15) is 11.8 Å². The summed E-state index contributed by atoms with van der Waals surface area (Å²) in [4.78, 5) is 60.5. The van der Waals surface area contributed by atoms with Crippen LogP contribution in [-0.4, -0.2) is 82.1 Å². The number of rotatable bonds is 16. The first-order chi connectivity index (χ1) is 15.3. The Morgan fingerprint density at radius 3 is 1.91 bits per heavy atom. The van der Waals surface area contributed by atoms with Crippen molar-refractivity contribution in [3.63, 3.8) is 0 Å². The standard InChI is InChI=1S/C20H37N5O7S/c1-10(2)9-14(19(30)25-16(11(3)26)20(31)32)24-18(29)13(5-6-15(22)27)23-17(28)12(21)7-8-33-4/h10-14,16,26H,5-9,21H2,1-4H3,(H2,22,27)(H,23,28)(H,24,29)(H,25,30)(H,31,32). The van der Waals surface area contributed by atoms with Crippen LogP contribution in [0.25, 0.3) is 0 Å². The number of carbonyl (C=O) groups is 5. The van der Waals surface area contributed by atoms with Crippen LogP contribution in [0.4, 0.5) is 0 Å². The molecule has 190 valence electrons. The molecule has 0 spiro atoms. The summed E-state index contributed by atoms with van der Waals surface area (Å²) in [5.41, 5.74) is 11.0. The molecule has 12 nitrogen and oxygen atoms in total. The Hall–Kier alpha value is -2.38. The highest BCUT2D eigenvalue weighted by molar-refractivity contribution is 7.98. The number of thioether (sulfide) groups is 1. The number of primary amides is 1. The van der Waals surface area contributed by atoms with Crippen LogP contribution in [0.2, 0.25) is 0 Å². The molecule has 0 bridgehead atoms. The zero-order chi connectivity index (χ0) is 25.7. The number of nitrogens with two attached hydrogens (primary N) is 2. The molecule has 5 atom stereocenters. The molecule has 0 aliphatic carbocycles. The lowest BCUT2D eigenvalue weighted by Crippen LogP contribution is -2.58. The minimum atomic E-state index is -1.57. The van der Waals surface area contributed by atoms with E-state index in [1.54, 1.807) is 13.8 Å². The summed E-state index contributed by atoms with van der Waals surface area (Å²) < 4.78 is 0. The van der Waals surface area contributed by atoms with Gasteiger partial charge in [-0.05, 0) is 44.1 Å². The number of aliphatic hydroxyl groups excluding tert-OH is 1. The first-order valence-electron chi connectivity index (χ1n) is 10.6. The fourth-order valence-electron chi connectivity index (χ4n) is 2.83. The largest absolute Gasteiger partial charge is 0.480 e. The van der Waals surface area contributed by atoms with Crippen LogP contribution in [0.5, 0.6) is 0 Å². The predicted molar refractivity (Wildman–Crippen MR) is 124 cm³/mol. The maximum Gasteiger partial charge on any atom is 0.328 e. The predicted octanol–water partition coefficient (Wildman–Crippen LogP) is -1.70. The van der Waals surface area contributed by atoms with Gasteiger partial charge in [-0.15, -0.1) is 0 Å². The van der Waals surface area contributed by atoms with E-state index in [1.165, 1.54) is 18.7 Å². The number of carboxylic acid groups (broad SMARTS) is 1. The van der Waals surface area contributed by atoms with Gasteiger partial charge in [0.25, 0.3) is 0 Å². The van der Waals surface area contributed by atoms with E-state index in [0.29, 0.717) is 12.2 Å². The second kappa shape index (κ2) is 15.5. The van der Waals surface area contributed by atoms with Crippen molar-refractivity contribution in [3.05, 3.63) is 0 Å². The summed E-state index contributed by atoms with van der Waals surface area (Å²) in [6.45, 7) is 4.81. The SMILES string of the molecule is CSCCC(N)C(=O)NC(CCC(N)=O)C(=O)NC(CC(C)C)C(=O)NC(C(=O)O)C(C)O. The Morgan fingerprint density at radius 2 is 1.45 bits per heavy atom. The number of aliphatic hydroxyl groups is 1. The molecule has 33 heavy (non-hydrogen) atoms. The van der Waals surface area contributed by atoms with Crippen molar-refractivity contribution >= 4 is 41.4 Å².